The van der Waals surface area contributed by atoms with Crippen LogP contribution in [0.1, 0.15) is 42.5 Å². The summed E-state index contributed by atoms with van der Waals surface area (Å²) in [6, 6.07) is 17.1. The van der Waals surface area contributed by atoms with Gasteiger partial charge in [-0.25, -0.2) is 0 Å². The number of fused-ring (bicyclic) bond motifs is 1. The van der Waals surface area contributed by atoms with E-state index in [2.05, 4.69) is 55.5 Å². The molecule has 0 spiro atoms. The summed E-state index contributed by atoms with van der Waals surface area (Å²) in [7, 11) is 0. The van der Waals surface area contributed by atoms with E-state index in [-0.39, 0.29) is 6.04 Å². The summed E-state index contributed by atoms with van der Waals surface area (Å²) in [5.74, 6) is 1.03. The first-order valence-corrected chi connectivity index (χ1v) is 7.81. The number of hydrogen-bond acceptors (Lipinski definition) is 2. The van der Waals surface area contributed by atoms with Crippen LogP contribution in [0.15, 0.2) is 48.5 Å². The van der Waals surface area contributed by atoms with E-state index in [4.69, 9.17) is 10.5 Å². The highest BCUT2D eigenvalue weighted by Gasteiger charge is 2.20. The molecule has 3 rings (SSSR count). The molecule has 0 aliphatic carbocycles. The van der Waals surface area contributed by atoms with Crippen molar-refractivity contribution >= 4 is 0 Å². The molecule has 110 valence electrons. The van der Waals surface area contributed by atoms with Gasteiger partial charge in [-0.05, 0) is 48.9 Å². The molecule has 2 aromatic carbocycles. The van der Waals surface area contributed by atoms with E-state index in [0.717, 1.165) is 31.4 Å². The first kappa shape index (κ1) is 14.2. The standard InChI is InChI=1S/C19H23NO/c1-14-12-17-13-16(10-11-19(17)21-14)18(20)9-5-8-15-6-3-2-4-7-15/h2-4,6-7,10-11,13-14,18H,5,8-9,12,20H2,1H3. The monoisotopic (exact) mass is 281 g/mol. The number of aryl methyl sites for hydroxylation is 1. The van der Waals surface area contributed by atoms with E-state index in [1.807, 2.05) is 0 Å². The Hall–Kier alpha value is -1.80. The van der Waals surface area contributed by atoms with Gasteiger partial charge in [-0.15, -0.1) is 0 Å². The van der Waals surface area contributed by atoms with Crippen molar-refractivity contribution in [3.63, 3.8) is 0 Å². The average Bonchev–Trinajstić information content (AvgIpc) is 2.87. The molecule has 1 aliphatic heterocycles. The second kappa shape index (κ2) is 6.31. The predicted molar refractivity (Wildman–Crippen MR) is 86.5 cm³/mol. The van der Waals surface area contributed by atoms with Gasteiger partial charge in [-0.3, -0.25) is 0 Å². The van der Waals surface area contributed by atoms with Gasteiger partial charge in [0.2, 0.25) is 0 Å². The molecular weight excluding hydrogens is 258 g/mol. The molecule has 21 heavy (non-hydrogen) atoms. The summed E-state index contributed by atoms with van der Waals surface area (Å²) >= 11 is 0. The Bertz CT molecular complexity index is 594. The smallest absolute Gasteiger partial charge is 0.123 e. The zero-order valence-electron chi connectivity index (χ0n) is 12.6. The van der Waals surface area contributed by atoms with E-state index in [1.54, 1.807) is 0 Å². The van der Waals surface area contributed by atoms with Crippen molar-refractivity contribution < 1.29 is 4.74 Å². The van der Waals surface area contributed by atoms with Crippen LogP contribution in [-0.4, -0.2) is 6.10 Å². The summed E-state index contributed by atoms with van der Waals surface area (Å²) in [6.07, 6.45) is 4.53. The third-order valence-corrected chi connectivity index (χ3v) is 4.17. The van der Waals surface area contributed by atoms with Gasteiger partial charge in [0.25, 0.3) is 0 Å². The van der Waals surface area contributed by atoms with Crippen LogP contribution >= 0.6 is 0 Å². The highest BCUT2D eigenvalue weighted by Crippen LogP contribution is 2.31. The Kier molecular flexibility index (Phi) is 4.26. The maximum Gasteiger partial charge on any atom is 0.123 e. The Morgan fingerprint density at radius 3 is 2.81 bits per heavy atom. The fourth-order valence-electron chi connectivity index (χ4n) is 3.01. The van der Waals surface area contributed by atoms with Crippen molar-refractivity contribution in [1.29, 1.82) is 0 Å². The van der Waals surface area contributed by atoms with Crippen LogP contribution in [0.25, 0.3) is 0 Å². The van der Waals surface area contributed by atoms with Crippen molar-refractivity contribution in [3.8, 4) is 5.75 Å². The molecule has 2 aromatic rings. The molecular formula is C19H23NO. The molecule has 0 amide bonds. The lowest BCUT2D eigenvalue weighted by Crippen LogP contribution is -2.10. The molecule has 2 nitrogen and oxygen atoms in total. The zero-order valence-corrected chi connectivity index (χ0v) is 12.6. The Morgan fingerprint density at radius 1 is 1.19 bits per heavy atom. The van der Waals surface area contributed by atoms with Crippen molar-refractivity contribution in [3.05, 3.63) is 65.2 Å². The van der Waals surface area contributed by atoms with Gasteiger partial charge >= 0.3 is 0 Å². The Morgan fingerprint density at radius 2 is 2.00 bits per heavy atom. The van der Waals surface area contributed by atoms with Crippen LogP contribution in [-0.2, 0) is 12.8 Å². The van der Waals surface area contributed by atoms with Crippen LogP contribution < -0.4 is 10.5 Å². The van der Waals surface area contributed by atoms with Gasteiger partial charge in [0.15, 0.2) is 0 Å². The maximum atomic E-state index is 6.35. The van der Waals surface area contributed by atoms with Gasteiger partial charge in [0.05, 0.1) is 0 Å². The third kappa shape index (κ3) is 3.45. The number of nitrogens with two attached hydrogens (primary N) is 1. The van der Waals surface area contributed by atoms with Crippen molar-refractivity contribution in [2.24, 2.45) is 5.73 Å². The summed E-state index contributed by atoms with van der Waals surface area (Å²) in [5, 5.41) is 0. The fraction of sp³-hybridized carbons (Fsp3) is 0.368. The average molecular weight is 281 g/mol. The first-order valence-electron chi connectivity index (χ1n) is 7.81. The SMILES string of the molecule is CC1Cc2cc(C(N)CCCc3ccccc3)ccc2O1. The highest BCUT2D eigenvalue weighted by molar-refractivity contribution is 5.41. The minimum Gasteiger partial charge on any atom is -0.490 e. The van der Waals surface area contributed by atoms with Gasteiger partial charge in [0, 0.05) is 12.5 Å². The van der Waals surface area contributed by atoms with E-state index >= 15 is 0 Å². The van der Waals surface area contributed by atoms with Crippen LogP contribution in [0.4, 0.5) is 0 Å². The normalized spacial score (nSPS) is 18.1. The lowest BCUT2D eigenvalue weighted by atomic mass is 9.97. The number of benzene rings is 2. The summed E-state index contributed by atoms with van der Waals surface area (Å²) in [5.41, 5.74) is 10.3. The molecule has 0 fully saturated rings. The maximum absolute atomic E-state index is 6.35. The zero-order chi connectivity index (χ0) is 14.7. The molecule has 2 atom stereocenters. The van der Waals surface area contributed by atoms with Gasteiger partial charge in [-0.1, -0.05) is 42.5 Å². The molecule has 2 heteroatoms. The molecule has 0 saturated heterocycles. The first-order chi connectivity index (χ1) is 10.2. The van der Waals surface area contributed by atoms with Crippen LogP contribution in [0.2, 0.25) is 0 Å². The van der Waals surface area contributed by atoms with Crippen molar-refractivity contribution in [1.82, 2.24) is 0 Å². The molecule has 0 saturated carbocycles. The number of rotatable bonds is 5. The number of ether oxygens (including phenoxy) is 1. The molecule has 2 N–H and O–H groups in total. The molecule has 1 aliphatic rings. The quantitative estimate of drug-likeness (QED) is 0.898. The van der Waals surface area contributed by atoms with Crippen molar-refractivity contribution in [2.75, 3.05) is 0 Å². The van der Waals surface area contributed by atoms with Gasteiger partial charge in [0.1, 0.15) is 11.9 Å². The predicted octanol–water partition coefficient (Wildman–Crippen LogP) is 4.03. The molecule has 2 unspecified atom stereocenters. The molecule has 0 bridgehead atoms. The van der Waals surface area contributed by atoms with Crippen LogP contribution in [0, 0.1) is 0 Å². The molecule has 0 aromatic heterocycles. The van der Waals surface area contributed by atoms with Gasteiger partial charge < -0.3 is 10.5 Å². The third-order valence-electron chi connectivity index (χ3n) is 4.17. The second-order valence-corrected chi connectivity index (χ2v) is 5.98. The lowest BCUT2D eigenvalue weighted by molar-refractivity contribution is 0.254. The largest absolute Gasteiger partial charge is 0.490 e. The molecule has 1 heterocycles. The summed E-state index contributed by atoms with van der Waals surface area (Å²) in [4.78, 5) is 0. The van der Waals surface area contributed by atoms with E-state index in [9.17, 15) is 0 Å². The van der Waals surface area contributed by atoms with Crippen molar-refractivity contribution in [2.45, 2.75) is 44.8 Å². The Balaban J connectivity index is 1.56. The minimum atomic E-state index is 0.120. The second-order valence-electron chi connectivity index (χ2n) is 5.98. The van der Waals surface area contributed by atoms with Gasteiger partial charge in [-0.2, -0.15) is 0 Å². The highest BCUT2D eigenvalue weighted by atomic mass is 16.5. The fourth-order valence-corrected chi connectivity index (χ4v) is 3.01. The topological polar surface area (TPSA) is 35.2 Å². The Labute approximate surface area is 126 Å². The number of hydrogen-bond donors (Lipinski definition) is 1. The van der Waals surface area contributed by atoms with E-state index < -0.39 is 0 Å². The van der Waals surface area contributed by atoms with Crippen LogP contribution in [0.5, 0.6) is 5.75 Å². The summed E-state index contributed by atoms with van der Waals surface area (Å²) in [6.45, 7) is 2.11. The van der Waals surface area contributed by atoms with Crippen LogP contribution in [0.3, 0.4) is 0 Å². The minimum absolute atomic E-state index is 0.120. The summed E-state index contributed by atoms with van der Waals surface area (Å²) < 4.78 is 5.74. The van der Waals surface area contributed by atoms with E-state index in [1.165, 1.54) is 16.7 Å². The van der Waals surface area contributed by atoms with E-state index in [0.29, 0.717) is 6.10 Å². The molecule has 0 radical (unpaired) electrons. The lowest BCUT2D eigenvalue weighted by Gasteiger charge is -2.13.